The number of Topliss-reactive ketones (excluding diaryl/α,β-unsaturated/α-hetero) is 1. The maximum atomic E-state index is 12.2. The number of carboxylic acids is 1. The predicted molar refractivity (Wildman–Crippen MR) is 90.9 cm³/mol. The van der Waals surface area contributed by atoms with Crippen LogP contribution < -0.4 is 0 Å². The van der Waals surface area contributed by atoms with Gasteiger partial charge < -0.3 is 10.0 Å². The summed E-state index contributed by atoms with van der Waals surface area (Å²) in [6, 6.07) is 6.79. The first-order valence-corrected chi connectivity index (χ1v) is 8.53. The van der Waals surface area contributed by atoms with E-state index in [4.69, 9.17) is 5.11 Å². The largest absolute Gasteiger partial charge is 0.480 e. The lowest BCUT2D eigenvalue weighted by Crippen LogP contribution is -2.40. The molecule has 5 heteroatoms. The highest BCUT2D eigenvalue weighted by Crippen LogP contribution is 2.19. The van der Waals surface area contributed by atoms with Gasteiger partial charge in [0.1, 0.15) is 6.04 Å². The Hall–Kier alpha value is -2.17. The highest BCUT2D eigenvalue weighted by molar-refractivity contribution is 5.98. The number of likely N-dealkylation sites (tertiary alicyclic amines) is 1. The maximum Gasteiger partial charge on any atom is 0.326 e. The molecule has 1 aromatic carbocycles. The standard InChI is InChI=1S/C19H25NO4/c1-13(2)12-14-5-7-15(8-6-14)17(21)9-10-18(22)20-11-3-4-16(20)19(23)24/h5-8,13,16H,3-4,9-12H2,1-2H3,(H,23,24). The van der Waals surface area contributed by atoms with Crippen LogP contribution in [-0.2, 0) is 16.0 Å². The van der Waals surface area contributed by atoms with E-state index < -0.39 is 12.0 Å². The second-order valence-electron chi connectivity index (χ2n) is 6.80. The molecule has 0 bridgehead atoms. The molecule has 24 heavy (non-hydrogen) atoms. The Morgan fingerprint density at radius 3 is 2.42 bits per heavy atom. The molecule has 0 aliphatic carbocycles. The van der Waals surface area contributed by atoms with Crippen LogP contribution in [0.25, 0.3) is 0 Å². The maximum absolute atomic E-state index is 12.2. The number of ketones is 1. The zero-order chi connectivity index (χ0) is 17.7. The third-order valence-corrected chi connectivity index (χ3v) is 4.34. The number of hydrogen-bond acceptors (Lipinski definition) is 3. The molecule has 1 heterocycles. The zero-order valence-electron chi connectivity index (χ0n) is 14.3. The van der Waals surface area contributed by atoms with Crippen LogP contribution in [0.15, 0.2) is 24.3 Å². The lowest BCUT2D eigenvalue weighted by atomic mass is 9.99. The fourth-order valence-electron chi connectivity index (χ4n) is 3.13. The quantitative estimate of drug-likeness (QED) is 0.780. The normalized spacial score (nSPS) is 17.3. The van der Waals surface area contributed by atoms with E-state index in [0.717, 1.165) is 6.42 Å². The van der Waals surface area contributed by atoms with E-state index in [1.165, 1.54) is 10.5 Å². The van der Waals surface area contributed by atoms with Crippen molar-refractivity contribution in [3.63, 3.8) is 0 Å². The Labute approximate surface area is 142 Å². The van der Waals surface area contributed by atoms with Crippen LogP contribution in [-0.4, -0.2) is 40.3 Å². The van der Waals surface area contributed by atoms with E-state index in [0.29, 0.717) is 30.9 Å². The molecule has 0 spiro atoms. The molecule has 0 aromatic heterocycles. The van der Waals surface area contributed by atoms with Gasteiger partial charge in [-0.05, 0) is 30.7 Å². The van der Waals surface area contributed by atoms with Crippen molar-refractivity contribution in [2.45, 2.75) is 52.0 Å². The number of carbonyl (C=O) groups is 3. The minimum absolute atomic E-state index is 0.0658. The van der Waals surface area contributed by atoms with Crippen molar-refractivity contribution in [3.05, 3.63) is 35.4 Å². The minimum Gasteiger partial charge on any atom is -0.480 e. The molecule has 1 amide bonds. The summed E-state index contributed by atoms with van der Waals surface area (Å²) in [6.07, 6.45) is 2.35. The van der Waals surface area contributed by atoms with Crippen LogP contribution in [0.4, 0.5) is 0 Å². The molecule has 1 fully saturated rings. The van der Waals surface area contributed by atoms with Crippen LogP contribution in [0, 0.1) is 5.92 Å². The molecule has 1 atom stereocenters. The van der Waals surface area contributed by atoms with E-state index in [1.54, 1.807) is 12.1 Å². The lowest BCUT2D eigenvalue weighted by Gasteiger charge is -2.21. The molecule has 1 unspecified atom stereocenters. The van der Waals surface area contributed by atoms with Crippen molar-refractivity contribution < 1.29 is 19.5 Å². The second kappa shape index (κ2) is 8.08. The summed E-state index contributed by atoms with van der Waals surface area (Å²) in [5.74, 6) is -0.727. The molecule has 2 rings (SSSR count). The first kappa shape index (κ1) is 18.2. The van der Waals surface area contributed by atoms with Gasteiger partial charge in [0.2, 0.25) is 5.91 Å². The molecule has 1 N–H and O–H groups in total. The summed E-state index contributed by atoms with van der Waals surface area (Å²) < 4.78 is 0. The summed E-state index contributed by atoms with van der Waals surface area (Å²) in [5, 5.41) is 9.12. The summed E-state index contributed by atoms with van der Waals surface area (Å²) in [7, 11) is 0. The van der Waals surface area contributed by atoms with Gasteiger partial charge in [0.25, 0.3) is 0 Å². The van der Waals surface area contributed by atoms with Crippen molar-refractivity contribution in [1.29, 1.82) is 0 Å². The van der Waals surface area contributed by atoms with Crippen molar-refractivity contribution in [2.75, 3.05) is 6.54 Å². The Morgan fingerprint density at radius 1 is 1.17 bits per heavy atom. The number of carboxylic acid groups (broad SMARTS) is 1. The third-order valence-electron chi connectivity index (χ3n) is 4.34. The third kappa shape index (κ3) is 4.66. The van der Waals surface area contributed by atoms with Crippen molar-refractivity contribution in [2.24, 2.45) is 5.92 Å². The van der Waals surface area contributed by atoms with Crippen molar-refractivity contribution in [1.82, 2.24) is 4.90 Å². The van der Waals surface area contributed by atoms with Gasteiger partial charge in [-0.15, -0.1) is 0 Å². The highest BCUT2D eigenvalue weighted by Gasteiger charge is 2.33. The van der Waals surface area contributed by atoms with Crippen LogP contribution >= 0.6 is 0 Å². The van der Waals surface area contributed by atoms with Gasteiger partial charge in [-0.1, -0.05) is 38.1 Å². The van der Waals surface area contributed by atoms with Crippen molar-refractivity contribution in [3.8, 4) is 0 Å². The first-order valence-electron chi connectivity index (χ1n) is 8.53. The topological polar surface area (TPSA) is 74.7 Å². The molecule has 5 nitrogen and oxygen atoms in total. The fraction of sp³-hybridized carbons (Fsp3) is 0.526. The molecule has 1 aromatic rings. The molecular formula is C19H25NO4. The van der Waals surface area contributed by atoms with Crippen LogP contribution in [0.3, 0.4) is 0 Å². The predicted octanol–water partition coefficient (Wildman–Crippen LogP) is 2.92. The van der Waals surface area contributed by atoms with E-state index in [2.05, 4.69) is 13.8 Å². The highest BCUT2D eigenvalue weighted by atomic mass is 16.4. The number of benzene rings is 1. The van der Waals surface area contributed by atoms with Gasteiger partial charge in [-0.25, -0.2) is 4.79 Å². The SMILES string of the molecule is CC(C)Cc1ccc(C(=O)CCC(=O)N2CCCC2C(=O)O)cc1. The Kier molecular flexibility index (Phi) is 6.12. The number of carbonyl (C=O) groups excluding carboxylic acids is 2. The van der Waals surface area contributed by atoms with Gasteiger partial charge in [0.05, 0.1) is 0 Å². The molecule has 1 aliphatic heterocycles. The van der Waals surface area contributed by atoms with E-state index in [-0.39, 0.29) is 24.5 Å². The zero-order valence-corrected chi connectivity index (χ0v) is 14.3. The number of rotatable bonds is 7. The molecule has 1 saturated heterocycles. The van der Waals surface area contributed by atoms with Gasteiger partial charge >= 0.3 is 5.97 Å². The fourth-order valence-corrected chi connectivity index (χ4v) is 3.13. The van der Waals surface area contributed by atoms with E-state index in [1.807, 2.05) is 12.1 Å². The smallest absolute Gasteiger partial charge is 0.326 e. The van der Waals surface area contributed by atoms with Crippen LogP contribution in [0.5, 0.6) is 0 Å². The summed E-state index contributed by atoms with van der Waals surface area (Å²) in [5.41, 5.74) is 1.80. The van der Waals surface area contributed by atoms with Crippen molar-refractivity contribution >= 4 is 17.7 Å². The molecule has 130 valence electrons. The van der Waals surface area contributed by atoms with E-state index >= 15 is 0 Å². The van der Waals surface area contributed by atoms with Gasteiger partial charge in [-0.3, -0.25) is 9.59 Å². The number of aliphatic carboxylic acids is 1. The Bertz CT molecular complexity index is 606. The summed E-state index contributed by atoms with van der Waals surface area (Å²) in [6.45, 7) is 4.76. The molecular weight excluding hydrogens is 306 g/mol. The number of hydrogen-bond donors (Lipinski definition) is 1. The van der Waals surface area contributed by atoms with Gasteiger partial charge in [0, 0.05) is 24.9 Å². The first-order chi connectivity index (χ1) is 11.4. The van der Waals surface area contributed by atoms with Crippen LogP contribution in [0.2, 0.25) is 0 Å². The molecule has 1 aliphatic rings. The Morgan fingerprint density at radius 2 is 1.83 bits per heavy atom. The number of amides is 1. The average Bonchev–Trinajstić information content (AvgIpc) is 3.02. The molecule has 0 radical (unpaired) electrons. The average molecular weight is 331 g/mol. The van der Waals surface area contributed by atoms with Crippen LogP contribution in [0.1, 0.15) is 55.5 Å². The number of nitrogens with zero attached hydrogens (tertiary/aromatic N) is 1. The van der Waals surface area contributed by atoms with Gasteiger partial charge in [0.15, 0.2) is 5.78 Å². The minimum atomic E-state index is -0.965. The second-order valence-corrected chi connectivity index (χ2v) is 6.80. The van der Waals surface area contributed by atoms with E-state index in [9.17, 15) is 14.4 Å². The summed E-state index contributed by atoms with van der Waals surface area (Å²) >= 11 is 0. The lowest BCUT2D eigenvalue weighted by molar-refractivity contribution is -0.148. The van der Waals surface area contributed by atoms with Gasteiger partial charge in [-0.2, -0.15) is 0 Å². The summed E-state index contributed by atoms with van der Waals surface area (Å²) in [4.78, 5) is 36.9. The monoisotopic (exact) mass is 331 g/mol. The Balaban J connectivity index is 1.88. The molecule has 0 saturated carbocycles.